The third-order valence-electron chi connectivity index (χ3n) is 9.37. The Morgan fingerprint density at radius 1 is 1.02 bits per heavy atom. The van der Waals surface area contributed by atoms with Crippen molar-refractivity contribution in [2.45, 2.75) is 51.6 Å². The van der Waals surface area contributed by atoms with E-state index in [0.717, 1.165) is 54.9 Å². The number of aromatic nitrogens is 7. The fourth-order valence-corrected chi connectivity index (χ4v) is 7.66. The summed E-state index contributed by atoms with van der Waals surface area (Å²) in [4.78, 5) is 22.8. The molecule has 0 radical (unpaired) electrons. The quantitative estimate of drug-likeness (QED) is 0.145. The molecule has 2 aromatic carbocycles. The minimum Gasteiger partial charge on any atom is -0.373 e. The molecule has 0 bridgehead atoms. The molecule has 6 heterocycles. The van der Waals surface area contributed by atoms with Crippen molar-refractivity contribution in [2.24, 2.45) is 0 Å². The molecule has 0 spiro atoms. The topological polar surface area (TPSA) is 119 Å². The molecule has 1 amide bonds. The first-order chi connectivity index (χ1) is 25.1. The van der Waals surface area contributed by atoms with Gasteiger partial charge in [0.05, 0.1) is 23.3 Å². The van der Waals surface area contributed by atoms with E-state index in [1.807, 2.05) is 83.6 Å². The predicted octanol–water partition coefficient (Wildman–Crippen LogP) is 6.74. The second-order valence-corrected chi connectivity index (χ2v) is 14.2. The first kappa shape index (κ1) is 32.8. The normalized spacial score (nSPS) is 14.6. The number of ether oxygens (including phenoxy) is 1. The largest absolute Gasteiger partial charge is 0.373 e. The van der Waals surface area contributed by atoms with Gasteiger partial charge in [0.1, 0.15) is 12.0 Å². The Balaban J connectivity index is 0.817. The van der Waals surface area contributed by atoms with Crippen molar-refractivity contribution in [1.29, 1.82) is 0 Å². The van der Waals surface area contributed by atoms with Crippen molar-refractivity contribution in [1.82, 2.24) is 44.7 Å². The Morgan fingerprint density at radius 3 is 2.69 bits per heavy atom. The van der Waals surface area contributed by atoms with E-state index < -0.39 is 0 Å². The summed E-state index contributed by atoms with van der Waals surface area (Å²) in [5.74, 6) is 0.514. The van der Waals surface area contributed by atoms with Gasteiger partial charge < -0.3 is 14.6 Å². The summed E-state index contributed by atoms with van der Waals surface area (Å²) in [5, 5.41) is 19.9. The minimum atomic E-state index is -0.113. The van der Waals surface area contributed by atoms with Gasteiger partial charge in [0.2, 0.25) is 0 Å². The van der Waals surface area contributed by atoms with Gasteiger partial charge in [-0.25, -0.2) is 0 Å². The lowest BCUT2D eigenvalue weighted by Crippen LogP contribution is -2.36. The molecule has 1 fully saturated rings. The fraction of sp³-hybridized carbons (Fsp3) is 0.256. The molecule has 1 aliphatic heterocycles. The standard InChI is InChI=1S/C39H39N9O2S/c1-27(23-47-21-15-29-4-2-3-5-36(29)47)43-39(49)30-7-9-31(10-8-30)48-26-42-45-38(48)35-12-6-28(22-40-35)25-50-32-16-19-46(20-17-32)24-33-11-13-37(51-33)34-14-18-41-44-34/h2-15,18,21-22,26-27,32H,16-17,19-20,23-25H2,1H3,(H,41,44)(H,43,49). The molecule has 0 aliphatic carbocycles. The number of hydrogen-bond acceptors (Lipinski definition) is 8. The number of nitrogens with zero attached hydrogens (tertiary/aromatic N) is 7. The lowest BCUT2D eigenvalue weighted by Gasteiger charge is -2.31. The van der Waals surface area contributed by atoms with E-state index in [-0.39, 0.29) is 18.1 Å². The van der Waals surface area contributed by atoms with Crippen LogP contribution in [0.3, 0.4) is 0 Å². The van der Waals surface area contributed by atoms with Crippen molar-refractivity contribution < 1.29 is 9.53 Å². The van der Waals surface area contributed by atoms with Crippen molar-refractivity contribution in [3.8, 4) is 27.8 Å². The molecule has 51 heavy (non-hydrogen) atoms. The number of H-pyrrole nitrogens is 1. The van der Waals surface area contributed by atoms with Gasteiger partial charge in [-0.05, 0) is 91.4 Å². The number of rotatable bonds is 12. The molecule has 2 N–H and O–H groups in total. The van der Waals surface area contributed by atoms with Gasteiger partial charge in [0.25, 0.3) is 5.91 Å². The fourth-order valence-electron chi connectivity index (χ4n) is 6.63. The number of benzene rings is 2. The van der Waals surface area contributed by atoms with E-state index in [1.54, 1.807) is 12.5 Å². The van der Waals surface area contributed by atoms with Crippen LogP contribution in [0.1, 0.15) is 40.6 Å². The average molecular weight is 698 g/mol. The highest BCUT2D eigenvalue weighted by atomic mass is 32.1. The number of piperidine rings is 1. The Bertz CT molecular complexity index is 2200. The van der Waals surface area contributed by atoms with Gasteiger partial charge in [0, 0.05) is 72.5 Å². The molecule has 7 aromatic rings. The minimum absolute atomic E-state index is 0.0467. The average Bonchev–Trinajstić information content (AvgIpc) is 4.00. The SMILES string of the molecule is CC(Cn1ccc2ccccc21)NC(=O)c1ccc(-n2cnnc2-c2ccc(COC3CCN(Cc4ccc(-c5ccn[nH]5)s4)CC3)cn2)cc1. The maximum atomic E-state index is 13.1. The molecule has 1 atom stereocenters. The molecular formula is C39H39N9O2S. The summed E-state index contributed by atoms with van der Waals surface area (Å²) < 4.78 is 10.3. The molecule has 258 valence electrons. The molecule has 0 saturated carbocycles. The number of hydrogen-bond donors (Lipinski definition) is 2. The number of carbonyl (C=O) groups is 1. The van der Waals surface area contributed by atoms with Gasteiger partial charge in [-0.2, -0.15) is 5.10 Å². The molecule has 1 unspecified atom stereocenters. The Labute approximate surface area is 299 Å². The summed E-state index contributed by atoms with van der Waals surface area (Å²) in [6.07, 6.45) is 9.62. The zero-order valence-corrected chi connectivity index (χ0v) is 29.2. The van der Waals surface area contributed by atoms with Crippen LogP contribution < -0.4 is 5.32 Å². The van der Waals surface area contributed by atoms with E-state index in [0.29, 0.717) is 30.2 Å². The molecule has 8 rings (SSSR count). The number of amides is 1. The number of fused-ring (bicyclic) bond motifs is 1. The van der Waals surface area contributed by atoms with E-state index in [4.69, 9.17) is 9.72 Å². The number of para-hydroxylation sites is 1. The summed E-state index contributed by atoms with van der Waals surface area (Å²) in [7, 11) is 0. The number of carbonyl (C=O) groups excluding carboxylic acids is 1. The van der Waals surface area contributed by atoms with Gasteiger partial charge in [-0.15, -0.1) is 21.5 Å². The number of aromatic amines is 1. The predicted molar refractivity (Wildman–Crippen MR) is 198 cm³/mol. The smallest absolute Gasteiger partial charge is 0.251 e. The molecule has 1 aliphatic rings. The monoisotopic (exact) mass is 697 g/mol. The van der Waals surface area contributed by atoms with Crippen molar-refractivity contribution >= 4 is 28.1 Å². The second-order valence-electron chi connectivity index (χ2n) is 13.0. The number of pyridine rings is 1. The zero-order valence-electron chi connectivity index (χ0n) is 28.4. The van der Waals surface area contributed by atoms with E-state index >= 15 is 0 Å². The first-order valence-electron chi connectivity index (χ1n) is 17.3. The number of likely N-dealkylation sites (tertiary alicyclic amines) is 1. The third kappa shape index (κ3) is 7.53. The highest BCUT2D eigenvalue weighted by molar-refractivity contribution is 7.15. The van der Waals surface area contributed by atoms with Crippen molar-refractivity contribution in [3.63, 3.8) is 0 Å². The number of nitrogens with one attached hydrogen (secondary N) is 2. The van der Waals surface area contributed by atoms with Gasteiger partial charge >= 0.3 is 0 Å². The first-order valence-corrected chi connectivity index (χ1v) is 18.1. The lowest BCUT2D eigenvalue weighted by atomic mass is 10.1. The summed E-state index contributed by atoms with van der Waals surface area (Å²) in [6.45, 7) is 6.23. The van der Waals surface area contributed by atoms with Crippen LogP contribution in [0.15, 0.2) is 110 Å². The van der Waals surface area contributed by atoms with E-state index in [1.165, 1.54) is 15.1 Å². The summed E-state index contributed by atoms with van der Waals surface area (Å²) >= 11 is 1.82. The van der Waals surface area contributed by atoms with Crippen LogP contribution in [0.5, 0.6) is 0 Å². The Kier molecular flexibility index (Phi) is 9.52. The van der Waals surface area contributed by atoms with Crippen molar-refractivity contribution in [3.05, 3.63) is 126 Å². The molecule has 1 saturated heterocycles. The zero-order chi connectivity index (χ0) is 34.6. The van der Waals surface area contributed by atoms with E-state index in [2.05, 4.69) is 71.7 Å². The van der Waals surface area contributed by atoms with Crippen molar-refractivity contribution in [2.75, 3.05) is 13.1 Å². The number of thiophene rings is 1. The molecule has 11 nitrogen and oxygen atoms in total. The van der Waals surface area contributed by atoms with E-state index in [9.17, 15) is 4.79 Å². The summed E-state index contributed by atoms with van der Waals surface area (Å²) in [6, 6.07) is 28.1. The van der Waals surface area contributed by atoms with Gasteiger partial charge in [0.15, 0.2) is 5.82 Å². The van der Waals surface area contributed by atoms with Crippen LogP contribution in [0, 0.1) is 0 Å². The van der Waals surface area contributed by atoms with Crippen LogP contribution >= 0.6 is 11.3 Å². The molecule has 12 heteroatoms. The highest BCUT2D eigenvalue weighted by Gasteiger charge is 2.21. The molecular weight excluding hydrogens is 659 g/mol. The lowest BCUT2D eigenvalue weighted by molar-refractivity contribution is -0.00385. The summed E-state index contributed by atoms with van der Waals surface area (Å²) in [5.41, 5.74) is 5.39. The van der Waals surface area contributed by atoms with Gasteiger partial charge in [-0.1, -0.05) is 24.3 Å². The van der Waals surface area contributed by atoms with Gasteiger partial charge in [-0.3, -0.25) is 24.3 Å². The van der Waals surface area contributed by atoms with Crippen LogP contribution in [0.25, 0.3) is 38.7 Å². The second kappa shape index (κ2) is 14.8. The molecule has 5 aromatic heterocycles. The third-order valence-corrected chi connectivity index (χ3v) is 10.5. The maximum absolute atomic E-state index is 13.1. The van der Waals surface area contributed by atoms with Crippen LogP contribution in [0.2, 0.25) is 0 Å². The Hall–Kier alpha value is -5.43. The highest BCUT2D eigenvalue weighted by Crippen LogP contribution is 2.28. The Morgan fingerprint density at radius 2 is 1.88 bits per heavy atom. The van der Waals surface area contributed by atoms with Crippen LogP contribution in [-0.4, -0.2) is 70.6 Å². The van der Waals surface area contributed by atoms with Crippen LogP contribution in [0.4, 0.5) is 0 Å². The maximum Gasteiger partial charge on any atom is 0.251 e. The van der Waals surface area contributed by atoms with Crippen LogP contribution in [-0.2, 0) is 24.4 Å².